The smallest absolute Gasteiger partial charge is 0.252 e. The largest absolute Gasteiger partial charge is 0.311 e. The standard InChI is InChI=1S/C74H59BN4/c1-73(2,3)58-34-15-19-38-64(58)78-66-40-23-41-67-70(66)75(60-44-42-50(46-68(60)78)76-62-36-17-13-28-54(62)56-32-21-30-52(71(56)76)48-24-9-7-10-25-48)61-45-43-51(47-69(61)79(67)65-39-20-16-35-59(65)74(4,5)6)77-63-37-18-14-29-55(63)57-33-22-31-53(72(57)77)49-26-11-8-12-27-49/h7-47H,1-6H3. The van der Waals surface area contributed by atoms with Crippen LogP contribution in [-0.4, -0.2) is 15.8 Å². The summed E-state index contributed by atoms with van der Waals surface area (Å²) in [7, 11) is 0. The number of nitrogens with zero attached hydrogens (tertiary/aromatic N) is 4. The molecule has 0 atom stereocenters. The summed E-state index contributed by atoms with van der Waals surface area (Å²) in [6, 6.07) is 93.2. The highest BCUT2D eigenvalue weighted by Gasteiger charge is 2.45. The van der Waals surface area contributed by atoms with Crippen LogP contribution in [0.25, 0.3) is 77.2 Å². The first kappa shape index (κ1) is 46.9. The van der Waals surface area contributed by atoms with E-state index in [4.69, 9.17) is 0 Å². The Balaban J connectivity index is 1.04. The van der Waals surface area contributed by atoms with E-state index < -0.39 is 0 Å². The summed E-state index contributed by atoms with van der Waals surface area (Å²) in [6.45, 7) is 14.0. The number of fused-ring (bicyclic) bond motifs is 10. The van der Waals surface area contributed by atoms with Gasteiger partial charge in [-0.05, 0) is 110 Å². The van der Waals surface area contributed by atoms with E-state index in [1.807, 2.05) is 0 Å². The lowest BCUT2D eigenvalue weighted by Crippen LogP contribution is -2.61. The van der Waals surface area contributed by atoms with Crippen molar-refractivity contribution < 1.29 is 0 Å². The highest BCUT2D eigenvalue weighted by Crippen LogP contribution is 2.50. The van der Waals surface area contributed by atoms with Crippen molar-refractivity contribution in [2.24, 2.45) is 0 Å². The fraction of sp³-hybridized carbons (Fsp3) is 0.108. The van der Waals surface area contributed by atoms with Gasteiger partial charge in [0.15, 0.2) is 0 Å². The molecule has 11 aromatic carbocycles. The highest BCUT2D eigenvalue weighted by molar-refractivity contribution is 7.00. The summed E-state index contributed by atoms with van der Waals surface area (Å²) in [6.07, 6.45) is 0. The first-order chi connectivity index (χ1) is 38.5. The van der Waals surface area contributed by atoms with Crippen LogP contribution < -0.4 is 26.2 Å². The second-order valence-corrected chi connectivity index (χ2v) is 23.7. The Hall–Kier alpha value is -9.32. The van der Waals surface area contributed by atoms with Gasteiger partial charge in [0.05, 0.1) is 22.1 Å². The van der Waals surface area contributed by atoms with Gasteiger partial charge < -0.3 is 18.9 Å². The van der Waals surface area contributed by atoms with Crippen molar-refractivity contribution in [1.29, 1.82) is 0 Å². The third-order valence-electron chi connectivity index (χ3n) is 16.9. The molecule has 0 bridgehead atoms. The van der Waals surface area contributed by atoms with Crippen LogP contribution in [0.15, 0.2) is 249 Å². The van der Waals surface area contributed by atoms with E-state index in [1.165, 1.54) is 128 Å². The molecule has 0 unspecified atom stereocenters. The zero-order chi connectivity index (χ0) is 53.3. The molecule has 2 aliphatic rings. The molecule has 0 aliphatic carbocycles. The maximum atomic E-state index is 2.61. The molecule has 0 fully saturated rings. The van der Waals surface area contributed by atoms with Crippen LogP contribution in [0, 0.1) is 0 Å². The minimum atomic E-state index is -0.147. The zero-order valence-electron chi connectivity index (χ0n) is 45.5. The Labute approximate surface area is 463 Å². The molecular weight excluding hydrogens is 956 g/mol. The summed E-state index contributed by atoms with van der Waals surface area (Å²) >= 11 is 0. The third kappa shape index (κ3) is 7.15. The average Bonchev–Trinajstić information content (AvgIpc) is 3.90. The topological polar surface area (TPSA) is 16.3 Å². The summed E-state index contributed by atoms with van der Waals surface area (Å²) in [5.41, 5.74) is 25.1. The molecule has 0 saturated heterocycles. The van der Waals surface area contributed by atoms with Crippen molar-refractivity contribution in [1.82, 2.24) is 9.13 Å². The van der Waals surface area contributed by atoms with Crippen LogP contribution >= 0.6 is 0 Å². The molecular formula is C74H59BN4. The second-order valence-electron chi connectivity index (χ2n) is 23.7. The molecule has 0 amide bonds. The van der Waals surface area contributed by atoms with Crippen molar-refractivity contribution in [2.45, 2.75) is 52.4 Å². The number of para-hydroxylation sites is 6. The van der Waals surface area contributed by atoms with Crippen molar-refractivity contribution in [2.75, 3.05) is 9.80 Å². The van der Waals surface area contributed by atoms with E-state index in [0.29, 0.717) is 0 Å². The Morgan fingerprint density at radius 1 is 0.304 bits per heavy atom. The molecule has 13 aromatic rings. The molecule has 0 radical (unpaired) electrons. The molecule has 4 nitrogen and oxygen atoms in total. The normalized spacial score (nSPS) is 13.1. The number of rotatable bonds is 6. The van der Waals surface area contributed by atoms with Gasteiger partial charge in [-0.1, -0.05) is 230 Å². The van der Waals surface area contributed by atoms with Gasteiger partial charge in [-0.2, -0.15) is 0 Å². The number of aromatic nitrogens is 2. The van der Waals surface area contributed by atoms with Gasteiger partial charge in [0, 0.05) is 78.2 Å². The van der Waals surface area contributed by atoms with Gasteiger partial charge in [-0.25, -0.2) is 0 Å². The second kappa shape index (κ2) is 17.6. The quantitative estimate of drug-likeness (QED) is 0.154. The first-order valence-corrected chi connectivity index (χ1v) is 27.9. The number of hydrogen-bond acceptors (Lipinski definition) is 2. The van der Waals surface area contributed by atoms with Crippen LogP contribution in [0.4, 0.5) is 34.1 Å². The fourth-order valence-corrected chi connectivity index (χ4v) is 13.6. The van der Waals surface area contributed by atoms with E-state index in [1.54, 1.807) is 0 Å². The number of anilines is 6. The molecule has 2 aliphatic heterocycles. The highest BCUT2D eigenvalue weighted by atomic mass is 15.2. The molecule has 4 heterocycles. The lowest BCUT2D eigenvalue weighted by atomic mass is 9.33. The van der Waals surface area contributed by atoms with Crippen molar-refractivity contribution in [3.8, 4) is 33.6 Å². The van der Waals surface area contributed by atoms with Crippen LogP contribution in [0.1, 0.15) is 52.7 Å². The molecule has 5 heteroatoms. The fourth-order valence-electron chi connectivity index (χ4n) is 13.6. The van der Waals surface area contributed by atoms with E-state index in [9.17, 15) is 0 Å². The van der Waals surface area contributed by atoms with Gasteiger partial charge in [0.25, 0.3) is 6.71 Å². The van der Waals surface area contributed by atoms with Gasteiger partial charge >= 0.3 is 0 Å². The summed E-state index contributed by atoms with van der Waals surface area (Å²) in [5, 5.41) is 4.96. The van der Waals surface area contributed by atoms with E-state index >= 15 is 0 Å². The van der Waals surface area contributed by atoms with Gasteiger partial charge in [-0.3, -0.25) is 0 Å². The Bertz CT molecular complexity index is 4300. The van der Waals surface area contributed by atoms with Gasteiger partial charge in [-0.15, -0.1) is 0 Å². The van der Waals surface area contributed by atoms with Crippen LogP contribution in [0.3, 0.4) is 0 Å². The molecule has 79 heavy (non-hydrogen) atoms. The van der Waals surface area contributed by atoms with Crippen molar-refractivity contribution in [3.63, 3.8) is 0 Å². The first-order valence-electron chi connectivity index (χ1n) is 27.9. The molecule has 0 N–H and O–H groups in total. The molecule has 2 aromatic heterocycles. The Morgan fingerprint density at radius 3 is 1.11 bits per heavy atom. The SMILES string of the molecule is CC(C)(C)c1ccccc1N1c2cc(-n3c4ccccc4c4cccc(-c5ccccc5)c43)ccc2B2c3ccc(-n4c5ccccc5c5cccc(-c6ccccc6)c54)cc3N(c3ccccc3C(C)(C)C)c3cccc1c32. The zero-order valence-corrected chi connectivity index (χ0v) is 45.5. The molecule has 0 saturated carbocycles. The average molecular weight is 1020 g/mol. The monoisotopic (exact) mass is 1010 g/mol. The van der Waals surface area contributed by atoms with Gasteiger partial charge in [0.2, 0.25) is 0 Å². The minimum absolute atomic E-state index is 0.0912. The summed E-state index contributed by atoms with van der Waals surface area (Å²) < 4.78 is 5.05. The number of benzene rings is 11. The summed E-state index contributed by atoms with van der Waals surface area (Å²) in [4.78, 5) is 5.22. The molecule has 15 rings (SSSR count). The summed E-state index contributed by atoms with van der Waals surface area (Å²) in [5.74, 6) is 0. The van der Waals surface area contributed by atoms with Gasteiger partial charge in [0.1, 0.15) is 0 Å². The maximum absolute atomic E-state index is 2.61. The van der Waals surface area contributed by atoms with Crippen LogP contribution in [-0.2, 0) is 10.8 Å². The Morgan fingerprint density at radius 2 is 0.671 bits per heavy atom. The predicted molar refractivity (Wildman–Crippen MR) is 337 cm³/mol. The van der Waals surface area contributed by atoms with Crippen LogP contribution in [0.2, 0.25) is 0 Å². The predicted octanol–water partition coefficient (Wildman–Crippen LogP) is 17.9. The van der Waals surface area contributed by atoms with E-state index in [-0.39, 0.29) is 17.5 Å². The third-order valence-corrected chi connectivity index (χ3v) is 16.9. The van der Waals surface area contributed by atoms with E-state index in [2.05, 4.69) is 309 Å². The van der Waals surface area contributed by atoms with E-state index in [0.717, 1.165) is 11.4 Å². The lowest BCUT2D eigenvalue weighted by molar-refractivity contribution is 0.591. The maximum Gasteiger partial charge on any atom is 0.252 e. The van der Waals surface area contributed by atoms with Crippen molar-refractivity contribution >= 4 is 101 Å². The molecule has 0 spiro atoms. The lowest BCUT2D eigenvalue weighted by Gasteiger charge is -2.45. The van der Waals surface area contributed by atoms with Crippen LogP contribution in [0.5, 0.6) is 0 Å². The minimum Gasteiger partial charge on any atom is -0.311 e. The Kier molecular flexibility index (Phi) is 10.5. The van der Waals surface area contributed by atoms with Crippen molar-refractivity contribution in [3.05, 3.63) is 260 Å². The number of hydrogen-bond donors (Lipinski definition) is 0. The molecule has 378 valence electrons.